The minimum absolute atomic E-state index is 0.104. The maximum absolute atomic E-state index is 13.7. The molecule has 0 unspecified atom stereocenters. The summed E-state index contributed by atoms with van der Waals surface area (Å²) in [6, 6.07) is 12.9. The molecule has 9 heteroatoms. The van der Waals surface area contributed by atoms with E-state index in [1.54, 1.807) is 37.4 Å². The molecular formula is C18H18FN3O4S. The van der Waals surface area contributed by atoms with Gasteiger partial charge in [-0.05, 0) is 18.2 Å². The summed E-state index contributed by atoms with van der Waals surface area (Å²) in [7, 11) is -0.822. The molecule has 0 amide bonds. The summed E-state index contributed by atoms with van der Waals surface area (Å²) in [5, 5.41) is 3.87. The quantitative estimate of drug-likeness (QED) is 0.616. The molecular weight excluding hydrogens is 373 g/mol. The fourth-order valence-corrected chi connectivity index (χ4v) is 3.56. The molecule has 0 spiro atoms. The van der Waals surface area contributed by atoms with Crippen molar-refractivity contribution in [3.63, 3.8) is 0 Å². The zero-order valence-electron chi connectivity index (χ0n) is 14.8. The average molecular weight is 391 g/mol. The van der Waals surface area contributed by atoms with Crippen molar-refractivity contribution in [1.82, 2.24) is 14.4 Å². The molecule has 0 aliphatic carbocycles. The van der Waals surface area contributed by atoms with E-state index >= 15 is 0 Å². The Morgan fingerprint density at radius 2 is 1.96 bits per heavy atom. The van der Waals surface area contributed by atoms with Crippen LogP contribution >= 0.6 is 0 Å². The van der Waals surface area contributed by atoms with Gasteiger partial charge in [-0.15, -0.1) is 0 Å². The van der Waals surface area contributed by atoms with Crippen LogP contribution in [0.2, 0.25) is 0 Å². The highest BCUT2D eigenvalue weighted by atomic mass is 32.2. The zero-order valence-corrected chi connectivity index (χ0v) is 15.6. The number of hydrogen-bond acceptors (Lipinski definition) is 6. The van der Waals surface area contributed by atoms with E-state index in [1.807, 2.05) is 0 Å². The summed E-state index contributed by atoms with van der Waals surface area (Å²) in [4.78, 5) is 4.22. The highest BCUT2D eigenvalue weighted by molar-refractivity contribution is 7.88. The minimum Gasteiger partial charge on any atom is -0.497 e. The molecule has 0 atom stereocenters. The van der Waals surface area contributed by atoms with Gasteiger partial charge in [-0.1, -0.05) is 35.5 Å². The average Bonchev–Trinajstić information content (AvgIpc) is 3.12. The van der Waals surface area contributed by atoms with Crippen LogP contribution < -0.4 is 4.74 Å². The SMILES string of the molecule is COc1cccc(-c2noc(CN(C)S(=O)(=O)Cc3ccccc3F)n2)c1. The first kappa shape index (κ1) is 19.0. The molecule has 0 aliphatic heterocycles. The van der Waals surface area contributed by atoms with E-state index in [1.165, 1.54) is 25.2 Å². The van der Waals surface area contributed by atoms with E-state index in [4.69, 9.17) is 9.26 Å². The van der Waals surface area contributed by atoms with Gasteiger partial charge in [0.05, 0.1) is 19.4 Å². The van der Waals surface area contributed by atoms with E-state index < -0.39 is 21.6 Å². The zero-order chi connectivity index (χ0) is 19.4. The lowest BCUT2D eigenvalue weighted by molar-refractivity contribution is 0.336. The van der Waals surface area contributed by atoms with Gasteiger partial charge in [-0.3, -0.25) is 0 Å². The second-order valence-electron chi connectivity index (χ2n) is 5.85. The monoisotopic (exact) mass is 391 g/mol. The summed E-state index contributed by atoms with van der Waals surface area (Å²) in [5.74, 6) is 0.0831. The Morgan fingerprint density at radius 3 is 2.70 bits per heavy atom. The lowest BCUT2D eigenvalue weighted by Gasteiger charge is -2.15. The fourth-order valence-electron chi connectivity index (χ4n) is 2.41. The Kier molecular flexibility index (Phi) is 5.52. The van der Waals surface area contributed by atoms with Crippen LogP contribution in [0.15, 0.2) is 53.1 Å². The number of halogens is 1. The third-order valence-corrected chi connectivity index (χ3v) is 5.68. The number of aromatic nitrogens is 2. The Morgan fingerprint density at radius 1 is 1.19 bits per heavy atom. The Hall–Kier alpha value is -2.78. The molecule has 0 saturated carbocycles. The molecule has 3 rings (SSSR count). The van der Waals surface area contributed by atoms with Crippen molar-refractivity contribution < 1.29 is 22.1 Å². The lowest BCUT2D eigenvalue weighted by atomic mass is 10.2. The van der Waals surface area contributed by atoms with Gasteiger partial charge >= 0.3 is 0 Å². The number of nitrogens with zero attached hydrogens (tertiary/aromatic N) is 3. The van der Waals surface area contributed by atoms with Crippen molar-refractivity contribution in [3.8, 4) is 17.1 Å². The molecule has 27 heavy (non-hydrogen) atoms. The van der Waals surface area contributed by atoms with Crippen LogP contribution in [-0.4, -0.2) is 37.0 Å². The second kappa shape index (κ2) is 7.85. The van der Waals surface area contributed by atoms with Crippen molar-refractivity contribution >= 4 is 10.0 Å². The second-order valence-corrected chi connectivity index (χ2v) is 7.92. The summed E-state index contributed by atoms with van der Waals surface area (Å²) >= 11 is 0. The summed E-state index contributed by atoms with van der Waals surface area (Å²) in [5.41, 5.74) is 0.785. The predicted octanol–water partition coefficient (Wildman–Crippen LogP) is 2.85. The molecule has 0 saturated heterocycles. The number of ether oxygens (including phenoxy) is 1. The maximum atomic E-state index is 13.7. The number of hydrogen-bond donors (Lipinski definition) is 0. The first-order chi connectivity index (χ1) is 12.9. The number of rotatable bonds is 7. The normalized spacial score (nSPS) is 11.7. The van der Waals surface area contributed by atoms with Gasteiger partial charge in [-0.2, -0.15) is 9.29 Å². The van der Waals surface area contributed by atoms with Gasteiger partial charge in [0.25, 0.3) is 0 Å². The van der Waals surface area contributed by atoms with Crippen LogP contribution in [0.3, 0.4) is 0 Å². The number of methoxy groups -OCH3 is 1. The summed E-state index contributed by atoms with van der Waals surface area (Å²) < 4.78 is 50.0. The van der Waals surface area contributed by atoms with Crippen LogP contribution in [0.25, 0.3) is 11.4 Å². The maximum Gasteiger partial charge on any atom is 0.242 e. The summed E-state index contributed by atoms with van der Waals surface area (Å²) in [6.45, 7) is -0.117. The minimum atomic E-state index is -3.75. The highest BCUT2D eigenvalue weighted by Crippen LogP contribution is 2.22. The molecule has 142 valence electrons. The van der Waals surface area contributed by atoms with Gasteiger partial charge in [0.15, 0.2) is 0 Å². The Labute approximate surface area is 156 Å². The number of benzene rings is 2. The first-order valence-electron chi connectivity index (χ1n) is 8.03. The lowest BCUT2D eigenvalue weighted by Crippen LogP contribution is -2.28. The van der Waals surface area contributed by atoms with Crippen LogP contribution in [0, 0.1) is 5.82 Å². The summed E-state index contributed by atoms with van der Waals surface area (Å²) in [6.07, 6.45) is 0. The molecule has 0 fully saturated rings. The van der Waals surface area contributed by atoms with Gasteiger partial charge in [0, 0.05) is 18.2 Å². The fraction of sp³-hybridized carbons (Fsp3) is 0.222. The van der Waals surface area contributed by atoms with Crippen molar-refractivity contribution in [2.45, 2.75) is 12.3 Å². The van der Waals surface area contributed by atoms with Gasteiger partial charge in [0.1, 0.15) is 11.6 Å². The third kappa shape index (κ3) is 4.50. The Balaban J connectivity index is 1.73. The number of sulfonamides is 1. The highest BCUT2D eigenvalue weighted by Gasteiger charge is 2.23. The van der Waals surface area contributed by atoms with Crippen molar-refractivity contribution in [2.75, 3.05) is 14.2 Å². The smallest absolute Gasteiger partial charge is 0.242 e. The van der Waals surface area contributed by atoms with E-state index in [0.29, 0.717) is 17.1 Å². The predicted molar refractivity (Wildman–Crippen MR) is 96.8 cm³/mol. The van der Waals surface area contributed by atoms with Crippen LogP contribution in [0.4, 0.5) is 4.39 Å². The molecule has 0 N–H and O–H groups in total. The van der Waals surface area contributed by atoms with Crippen molar-refractivity contribution in [2.24, 2.45) is 0 Å². The van der Waals surface area contributed by atoms with E-state index in [9.17, 15) is 12.8 Å². The molecule has 0 aliphatic rings. The van der Waals surface area contributed by atoms with E-state index in [2.05, 4.69) is 10.1 Å². The van der Waals surface area contributed by atoms with Crippen LogP contribution in [0.5, 0.6) is 5.75 Å². The largest absolute Gasteiger partial charge is 0.497 e. The van der Waals surface area contributed by atoms with Crippen molar-refractivity contribution in [3.05, 3.63) is 65.8 Å². The van der Waals surface area contributed by atoms with E-state index in [0.717, 1.165) is 4.31 Å². The molecule has 1 heterocycles. The molecule has 7 nitrogen and oxygen atoms in total. The Bertz CT molecular complexity index is 1040. The molecule has 0 radical (unpaired) electrons. The molecule has 0 bridgehead atoms. The molecule has 2 aromatic carbocycles. The standard InChI is InChI=1S/C18H18FN3O4S/c1-22(27(23,24)12-14-6-3-4-9-16(14)19)11-17-20-18(21-26-17)13-7-5-8-15(10-13)25-2/h3-10H,11-12H2,1-2H3. The van der Waals surface area contributed by atoms with Crippen LogP contribution in [-0.2, 0) is 22.3 Å². The van der Waals surface area contributed by atoms with Crippen molar-refractivity contribution in [1.29, 1.82) is 0 Å². The van der Waals surface area contributed by atoms with E-state index in [-0.39, 0.29) is 18.0 Å². The first-order valence-corrected chi connectivity index (χ1v) is 9.64. The van der Waals surface area contributed by atoms with Gasteiger partial charge in [0.2, 0.25) is 21.7 Å². The van der Waals surface area contributed by atoms with Crippen LogP contribution in [0.1, 0.15) is 11.5 Å². The third-order valence-electron chi connectivity index (χ3n) is 3.92. The molecule has 1 aromatic heterocycles. The van der Waals surface area contributed by atoms with Gasteiger partial charge < -0.3 is 9.26 Å². The van der Waals surface area contributed by atoms with Gasteiger partial charge in [-0.25, -0.2) is 12.8 Å². The topological polar surface area (TPSA) is 85.5 Å². The molecule has 3 aromatic rings.